The van der Waals surface area contributed by atoms with Gasteiger partial charge in [-0.1, -0.05) is 38.3 Å². The molecule has 0 unspecified atom stereocenters. The van der Waals surface area contributed by atoms with Gasteiger partial charge in [0.1, 0.15) is 22.2 Å². The minimum Gasteiger partial charge on any atom is -0.460 e. The quantitative estimate of drug-likeness (QED) is 0.233. The van der Waals surface area contributed by atoms with Crippen LogP contribution in [-0.2, 0) is 19.6 Å². The van der Waals surface area contributed by atoms with E-state index in [-0.39, 0.29) is 29.9 Å². The van der Waals surface area contributed by atoms with Crippen molar-refractivity contribution < 1.29 is 22.7 Å². The Kier molecular flexibility index (Phi) is 8.47. The van der Waals surface area contributed by atoms with Crippen LogP contribution in [-0.4, -0.2) is 63.7 Å². The van der Waals surface area contributed by atoms with Crippen LogP contribution in [0.25, 0.3) is 21.6 Å². The van der Waals surface area contributed by atoms with Crippen molar-refractivity contribution in [1.82, 2.24) is 29.9 Å². The lowest BCUT2D eigenvalue weighted by Gasteiger charge is -2.24. The van der Waals surface area contributed by atoms with Crippen LogP contribution >= 0.6 is 11.3 Å². The van der Waals surface area contributed by atoms with Gasteiger partial charge in [-0.15, -0.1) is 17.9 Å². The van der Waals surface area contributed by atoms with Gasteiger partial charge in [-0.3, -0.25) is 18.9 Å². The fourth-order valence-electron chi connectivity index (χ4n) is 7.40. The predicted octanol–water partition coefficient (Wildman–Crippen LogP) is 5.20. The van der Waals surface area contributed by atoms with E-state index in [1.54, 1.807) is 24.3 Å². The van der Waals surface area contributed by atoms with Gasteiger partial charge in [-0.2, -0.15) is 4.98 Å². The summed E-state index contributed by atoms with van der Waals surface area (Å²) in [5, 5.41) is 9.33. The molecular formula is C35H46N6O5S2. The molecule has 4 aliphatic rings. The number of benzene rings is 1. The molecule has 3 N–H and O–H groups in total. The fraction of sp³-hybridized carbons (Fsp3) is 0.600. The molecule has 258 valence electrons. The number of fused-ring (bicyclic) bond motifs is 1. The first-order valence-corrected chi connectivity index (χ1v) is 19.6. The molecular weight excluding hydrogens is 649 g/mol. The smallest absolute Gasteiger partial charge is 0.297 e. The molecule has 2 aromatic heterocycles. The number of carbonyl (C=O) groups is 2. The lowest BCUT2D eigenvalue weighted by atomic mass is 9.87. The third kappa shape index (κ3) is 5.75. The summed E-state index contributed by atoms with van der Waals surface area (Å²) in [6.07, 6.45) is 8.76. The predicted molar refractivity (Wildman–Crippen MR) is 186 cm³/mol. The molecule has 3 aromatic rings. The Morgan fingerprint density at radius 2 is 1.94 bits per heavy atom. The number of para-hydroxylation sites is 1. The lowest BCUT2D eigenvalue weighted by Crippen LogP contribution is -2.57. The second-order valence-corrected chi connectivity index (χ2v) is 17.8. The van der Waals surface area contributed by atoms with Gasteiger partial charge < -0.3 is 15.4 Å². The highest BCUT2D eigenvalue weighted by atomic mass is 32.2. The highest BCUT2D eigenvalue weighted by molar-refractivity contribution is 7.91. The van der Waals surface area contributed by atoms with E-state index < -0.39 is 32.3 Å². The number of imidazole rings is 1. The molecule has 0 spiro atoms. The molecule has 0 bridgehead atoms. The lowest BCUT2D eigenvalue weighted by molar-refractivity contribution is -0.130. The van der Waals surface area contributed by atoms with Crippen LogP contribution in [0.2, 0.25) is 0 Å². The molecule has 3 heterocycles. The summed E-state index contributed by atoms with van der Waals surface area (Å²) in [5.41, 5.74) is 2.64. The van der Waals surface area contributed by atoms with Gasteiger partial charge in [0.05, 0.1) is 22.0 Å². The van der Waals surface area contributed by atoms with E-state index in [2.05, 4.69) is 57.9 Å². The van der Waals surface area contributed by atoms with Gasteiger partial charge in [0.15, 0.2) is 0 Å². The SMILES string of the molecule is C=C[C@@H]1C[C@]1(NC(=O)[C@H]1NC[C@H](Oc2nc3c(-c4nc(C5CCCCC5)cs4)cccc3n2C(C)C)[C@H]1C)C(=O)NS(=O)(=O)C1(C)CC1. The number of hydrogen-bond donors (Lipinski definition) is 3. The fourth-order valence-corrected chi connectivity index (χ4v) is 9.64. The van der Waals surface area contributed by atoms with Crippen LogP contribution in [0.15, 0.2) is 36.2 Å². The van der Waals surface area contributed by atoms with Gasteiger partial charge in [-0.25, -0.2) is 13.4 Å². The van der Waals surface area contributed by atoms with Crippen molar-refractivity contribution in [2.24, 2.45) is 11.8 Å². The highest BCUT2D eigenvalue weighted by Gasteiger charge is 2.62. The van der Waals surface area contributed by atoms with Gasteiger partial charge in [0.2, 0.25) is 15.9 Å². The normalized spacial score (nSPS) is 28.4. The molecule has 4 fully saturated rings. The van der Waals surface area contributed by atoms with E-state index in [9.17, 15) is 18.0 Å². The Morgan fingerprint density at radius 1 is 1.19 bits per heavy atom. The van der Waals surface area contributed by atoms with Crippen LogP contribution in [0.3, 0.4) is 0 Å². The number of hydrogen-bond acceptors (Lipinski definition) is 9. The van der Waals surface area contributed by atoms with Gasteiger partial charge >= 0.3 is 0 Å². The number of thiazole rings is 1. The summed E-state index contributed by atoms with van der Waals surface area (Å²) in [5.74, 6) is -1.18. The number of nitrogens with zero attached hydrogens (tertiary/aromatic N) is 3. The monoisotopic (exact) mass is 694 g/mol. The highest BCUT2D eigenvalue weighted by Crippen LogP contribution is 2.47. The summed E-state index contributed by atoms with van der Waals surface area (Å²) in [6.45, 7) is 12.0. The number of sulfonamides is 1. The average Bonchev–Trinajstić information content (AvgIpc) is 3.78. The summed E-state index contributed by atoms with van der Waals surface area (Å²) < 4.78 is 35.6. The largest absolute Gasteiger partial charge is 0.460 e. The van der Waals surface area contributed by atoms with E-state index in [0.29, 0.717) is 37.7 Å². The van der Waals surface area contributed by atoms with Crippen LogP contribution in [0.4, 0.5) is 0 Å². The van der Waals surface area contributed by atoms with E-state index >= 15 is 0 Å². The Morgan fingerprint density at radius 3 is 2.60 bits per heavy atom. The van der Waals surface area contributed by atoms with Crippen molar-refractivity contribution in [3.63, 3.8) is 0 Å². The topological polar surface area (TPSA) is 144 Å². The van der Waals surface area contributed by atoms with Gasteiger partial charge in [-0.05, 0) is 65.0 Å². The van der Waals surface area contributed by atoms with Crippen molar-refractivity contribution in [2.45, 2.75) is 113 Å². The molecule has 1 saturated heterocycles. The van der Waals surface area contributed by atoms with Gasteiger partial charge in [0, 0.05) is 41.3 Å². The minimum absolute atomic E-state index is 0.0661. The standard InChI is InChI=1S/C35H46N6O5S2/c1-6-23-17-35(23,32(43)40-48(44,45)34(5)15-16-34)39-30(42)28-21(4)27(18-36-28)46-33-38-29-24(13-10-14-26(29)41(33)20(2)3)31-37-25(19-47-31)22-11-8-7-9-12-22/h6,10,13-14,19-23,27-28,36H,1,7-9,11-12,15-18H2,2-5H3,(H,39,42)(H,40,43)/t21-,23-,27+,28+,35-/m1/s1. The molecule has 7 rings (SSSR count). The molecule has 2 amide bonds. The molecule has 48 heavy (non-hydrogen) atoms. The number of ether oxygens (including phenoxy) is 1. The zero-order chi connectivity index (χ0) is 34.0. The number of nitrogens with one attached hydrogen (secondary N) is 3. The van der Waals surface area contributed by atoms with E-state index in [1.807, 2.05) is 13.0 Å². The second kappa shape index (κ2) is 12.2. The van der Waals surface area contributed by atoms with Crippen molar-refractivity contribution >= 4 is 44.2 Å². The first-order valence-electron chi connectivity index (χ1n) is 17.3. The zero-order valence-corrected chi connectivity index (χ0v) is 29.8. The van der Waals surface area contributed by atoms with Gasteiger partial charge in [0.25, 0.3) is 11.9 Å². The maximum absolute atomic E-state index is 13.7. The Hall–Kier alpha value is -3.29. The zero-order valence-electron chi connectivity index (χ0n) is 28.1. The van der Waals surface area contributed by atoms with E-state index in [1.165, 1.54) is 37.8 Å². The summed E-state index contributed by atoms with van der Waals surface area (Å²) >= 11 is 1.67. The molecule has 0 radical (unpaired) electrons. The Balaban J connectivity index is 1.08. The van der Waals surface area contributed by atoms with Crippen LogP contribution in [0, 0.1) is 11.8 Å². The maximum atomic E-state index is 13.7. The Bertz CT molecular complexity index is 1860. The average molecular weight is 695 g/mol. The van der Waals surface area contributed by atoms with Crippen molar-refractivity contribution in [1.29, 1.82) is 0 Å². The molecule has 1 aliphatic heterocycles. The molecule has 3 saturated carbocycles. The summed E-state index contributed by atoms with van der Waals surface area (Å²) in [4.78, 5) is 37.1. The van der Waals surface area contributed by atoms with Crippen LogP contribution in [0.1, 0.15) is 96.7 Å². The minimum atomic E-state index is -3.85. The molecule has 3 aliphatic carbocycles. The number of carbonyl (C=O) groups excluding carboxylic acids is 2. The van der Waals surface area contributed by atoms with Crippen molar-refractivity contribution in [3.8, 4) is 16.6 Å². The number of aromatic nitrogens is 3. The summed E-state index contributed by atoms with van der Waals surface area (Å²) in [6, 6.07) is 6.08. The second-order valence-electron chi connectivity index (χ2n) is 14.7. The van der Waals surface area contributed by atoms with Crippen molar-refractivity contribution in [3.05, 3.63) is 41.9 Å². The van der Waals surface area contributed by atoms with Crippen LogP contribution < -0.4 is 20.1 Å². The number of rotatable bonds is 11. The third-order valence-electron chi connectivity index (χ3n) is 11.1. The molecule has 13 heteroatoms. The molecule has 1 aromatic carbocycles. The molecule has 11 nitrogen and oxygen atoms in total. The van der Waals surface area contributed by atoms with Crippen molar-refractivity contribution in [2.75, 3.05) is 6.54 Å². The maximum Gasteiger partial charge on any atom is 0.297 e. The third-order valence-corrected chi connectivity index (χ3v) is 14.1. The summed E-state index contributed by atoms with van der Waals surface area (Å²) in [7, 11) is -3.85. The number of amides is 2. The van der Waals surface area contributed by atoms with E-state index in [0.717, 1.165) is 21.6 Å². The first kappa shape index (κ1) is 33.2. The first-order chi connectivity index (χ1) is 22.9. The Labute approximate surface area is 286 Å². The van der Waals surface area contributed by atoms with E-state index in [4.69, 9.17) is 14.7 Å². The molecule has 5 atom stereocenters. The van der Waals surface area contributed by atoms with Crippen LogP contribution in [0.5, 0.6) is 6.01 Å².